The minimum Gasteiger partial charge on any atom is -0.481 e. The second kappa shape index (κ2) is 9.51. The summed E-state index contributed by atoms with van der Waals surface area (Å²) in [6, 6.07) is 8.29. The lowest BCUT2D eigenvalue weighted by Gasteiger charge is -2.15. The SMILES string of the molecule is CC(C)Cc1ccc([C@H](C)NC(=O)CSCCC(=O)O)cc1. The summed E-state index contributed by atoms with van der Waals surface area (Å²) in [6.07, 6.45) is 1.14. The van der Waals surface area contributed by atoms with E-state index in [1.54, 1.807) is 0 Å². The topological polar surface area (TPSA) is 66.4 Å². The summed E-state index contributed by atoms with van der Waals surface area (Å²) in [7, 11) is 0. The van der Waals surface area contributed by atoms with Crippen molar-refractivity contribution in [3.8, 4) is 0 Å². The summed E-state index contributed by atoms with van der Waals surface area (Å²) in [4.78, 5) is 22.2. The Balaban J connectivity index is 2.39. The van der Waals surface area contributed by atoms with Crippen LogP contribution in [0.25, 0.3) is 0 Å². The summed E-state index contributed by atoms with van der Waals surface area (Å²) in [5.41, 5.74) is 2.39. The van der Waals surface area contributed by atoms with Crippen LogP contribution < -0.4 is 5.32 Å². The molecule has 0 radical (unpaired) electrons. The number of hydrogen-bond donors (Lipinski definition) is 2. The number of aliphatic carboxylic acids is 1. The summed E-state index contributed by atoms with van der Waals surface area (Å²) in [5, 5.41) is 11.5. The zero-order chi connectivity index (χ0) is 16.5. The van der Waals surface area contributed by atoms with Crippen LogP contribution in [0.3, 0.4) is 0 Å². The first kappa shape index (κ1) is 18.6. The molecule has 0 bridgehead atoms. The maximum absolute atomic E-state index is 11.8. The van der Waals surface area contributed by atoms with Gasteiger partial charge in [-0.1, -0.05) is 38.1 Å². The Hall–Kier alpha value is -1.49. The maximum Gasteiger partial charge on any atom is 0.304 e. The van der Waals surface area contributed by atoms with Crippen LogP contribution in [-0.4, -0.2) is 28.5 Å². The number of carboxylic acid groups (broad SMARTS) is 1. The molecule has 122 valence electrons. The van der Waals surface area contributed by atoms with E-state index in [0.717, 1.165) is 12.0 Å². The molecule has 2 N–H and O–H groups in total. The Morgan fingerprint density at radius 3 is 2.36 bits per heavy atom. The van der Waals surface area contributed by atoms with Gasteiger partial charge in [-0.05, 0) is 30.4 Å². The molecule has 0 heterocycles. The average molecular weight is 323 g/mol. The Morgan fingerprint density at radius 2 is 1.82 bits per heavy atom. The van der Waals surface area contributed by atoms with Crippen molar-refractivity contribution in [3.05, 3.63) is 35.4 Å². The van der Waals surface area contributed by atoms with Crippen LogP contribution in [0.4, 0.5) is 0 Å². The second-order valence-electron chi connectivity index (χ2n) is 5.83. The summed E-state index contributed by atoms with van der Waals surface area (Å²) >= 11 is 1.34. The monoisotopic (exact) mass is 323 g/mol. The van der Waals surface area contributed by atoms with Gasteiger partial charge in [-0.2, -0.15) is 11.8 Å². The van der Waals surface area contributed by atoms with E-state index in [-0.39, 0.29) is 18.4 Å². The lowest BCUT2D eigenvalue weighted by molar-refractivity contribution is -0.136. The van der Waals surface area contributed by atoms with Crippen LogP contribution in [-0.2, 0) is 16.0 Å². The van der Waals surface area contributed by atoms with Crippen molar-refractivity contribution in [2.24, 2.45) is 5.92 Å². The molecule has 0 aromatic heterocycles. The molecule has 1 amide bonds. The van der Waals surface area contributed by atoms with E-state index in [4.69, 9.17) is 5.11 Å². The number of hydrogen-bond acceptors (Lipinski definition) is 3. The number of carboxylic acids is 1. The summed E-state index contributed by atoms with van der Waals surface area (Å²) in [5.74, 6) is 0.493. The lowest BCUT2D eigenvalue weighted by Crippen LogP contribution is -2.28. The van der Waals surface area contributed by atoms with Crippen LogP contribution in [0, 0.1) is 5.92 Å². The Labute approximate surface area is 136 Å². The number of nitrogens with one attached hydrogen (secondary N) is 1. The zero-order valence-corrected chi connectivity index (χ0v) is 14.3. The molecule has 0 saturated heterocycles. The summed E-state index contributed by atoms with van der Waals surface area (Å²) in [6.45, 7) is 6.34. The van der Waals surface area contributed by atoms with Crippen molar-refractivity contribution in [2.45, 2.75) is 39.7 Å². The molecule has 1 aromatic carbocycles. The fourth-order valence-corrected chi connectivity index (χ4v) is 2.84. The highest BCUT2D eigenvalue weighted by Crippen LogP contribution is 2.16. The molecule has 0 aliphatic heterocycles. The highest BCUT2D eigenvalue weighted by molar-refractivity contribution is 7.99. The molecular weight excluding hydrogens is 298 g/mol. The van der Waals surface area contributed by atoms with Gasteiger partial charge in [0.25, 0.3) is 0 Å². The fourth-order valence-electron chi connectivity index (χ4n) is 2.10. The molecule has 1 atom stereocenters. The molecule has 0 spiro atoms. The number of thioether (sulfide) groups is 1. The largest absolute Gasteiger partial charge is 0.481 e. The quantitative estimate of drug-likeness (QED) is 0.685. The Kier molecular flexibility index (Phi) is 8.02. The van der Waals surface area contributed by atoms with Crippen molar-refractivity contribution in [3.63, 3.8) is 0 Å². The number of carbonyl (C=O) groups is 2. The van der Waals surface area contributed by atoms with Gasteiger partial charge < -0.3 is 10.4 Å². The number of carbonyl (C=O) groups excluding carboxylic acids is 1. The van der Waals surface area contributed by atoms with Gasteiger partial charge in [0.15, 0.2) is 0 Å². The smallest absolute Gasteiger partial charge is 0.304 e. The van der Waals surface area contributed by atoms with Crippen LogP contribution >= 0.6 is 11.8 Å². The van der Waals surface area contributed by atoms with Crippen molar-refractivity contribution < 1.29 is 14.7 Å². The van der Waals surface area contributed by atoms with Gasteiger partial charge in [-0.15, -0.1) is 0 Å². The third-order valence-electron chi connectivity index (χ3n) is 3.19. The molecule has 1 aromatic rings. The average Bonchev–Trinajstić information content (AvgIpc) is 2.43. The number of benzene rings is 1. The lowest BCUT2D eigenvalue weighted by atomic mass is 10.00. The van der Waals surface area contributed by atoms with Crippen LogP contribution in [0.1, 0.15) is 44.4 Å². The molecule has 4 nitrogen and oxygen atoms in total. The predicted octanol–water partition coefficient (Wildman–Crippen LogP) is 3.27. The molecule has 0 fully saturated rings. The fraction of sp³-hybridized carbons (Fsp3) is 0.529. The van der Waals surface area contributed by atoms with Gasteiger partial charge in [0.1, 0.15) is 0 Å². The minimum absolute atomic E-state index is 0.0410. The van der Waals surface area contributed by atoms with E-state index in [0.29, 0.717) is 17.4 Å². The van der Waals surface area contributed by atoms with E-state index in [9.17, 15) is 9.59 Å². The van der Waals surface area contributed by atoms with Gasteiger partial charge in [0.2, 0.25) is 5.91 Å². The van der Waals surface area contributed by atoms with Crippen LogP contribution in [0.15, 0.2) is 24.3 Å². The first-order chi connectivity index (χ1) is 10.4. The summed E-state index contributed by atoms with van der Waals surface area (Å²) < 4.78 is 0. The Morgan fingerprint density at radius 1 is 1.18 bits per heavy atom. The Bertz CT molecular complexity index is 485. The van der Waals surface area contributed by atoms with Crippen LogP contribution in [0.5, 0.6) is 0 Å². The molecular formula is C17H25NO3S. The van der Waals surface area contributed by atoms with Crippen molar-refractivity contribution in [1.29, 1.82) is 0 Å². The third-order valence-corrected chi connectivity index (χ3v) is 4.15. The first-order valence-electron chi connectivity index (χ1n) is 7.56. The molecule has 0 unspecified atom stereocenters. The van der Waals surface area contributed by atoms with E-state index >= 15 is 0 Å². The van der Waals surface area contributed by atoms with E-state index in [1.807, 2.05) is 6.92 Å². The van der Waals surface area contributed by atoms with Crippen LogP contribution in [0.2, 0.25) is 0 Å². The first-order valence-corrected chi connectivity index (χ1v) is 8.71. The highest BCUT2D eigenvalue weighted by Gasteiger charge is 2.10. The maximum atomic E-state index is 11.8. The third kappa shape index (κ3) is 7.50. The molecule has 1 rings (SSSR count). The van der Waals surface area contributed by atoms with Gasteiger partial charge >= 0.3 is 5.97 Å². The molecule has 0 aliphatic rings. The van der Waals surface area contributed by atoms with Crippen molar-refractivity contribution >= 4 is 23.6 Å². The zero-order valence-electron chi connectivity index (χ0n) is 13.5. The molecule has 0 saturated carbocycles. The van der Waals surface area contributed by atoms with Crippen molar-refractivity contribution in [2.75, 3.05) is 11.5 Å². The minimum atomic E-state index is -0.831. The number of rotatable bonds is 9. The van der Waals surface area contributed by atoms with Gasteiger partial charge in [0.05, 0.1) is 18.2 Å². The number of amides is 1. The highest BCUT2D eigenvalue weighted by atomic mass is 32.2. The van der Waals surface area contributed by atoms with Crippen molar-refractivity contribution in [1.82, 2.24) is 5.32 Å². The normalized spacial score (nSPS) is 12.2. The van der Waals surface area contributed by atoms with E-state index in [2.05, 4.69) is 43.4 Å². The van der Waals surface area contributed by atoms with Gasteiger partial charge in [-0.25, -0.2) is 0 Å². The molecule has 0 aliphatic carbocycles. The molecule has 22 heavy (non-hydrogen) atoms. The van der Waals surface area contributed by atoms with Gasteiger partial charge in [-0.3, -0.25) is 9.59 Å². The van der Waals surface area contributed by atoms with Gasteiger partial charge in [0, 0.05) is 5.75 Å². The molecule has 5 heteroatoms. The van der Waals surface area contributed by atoms with E-state index in [1.165, 1.54) is 17.3 Å². The standard InChI is InChI=1S/C17H25NO3S/c1-12(2)10-14-4-6-15(7-5-14)13(3)18-16(19)11-22-9-8-17(20)21/h4-7,12-13H,8-11H2,1-3H3,(H,18,19)(H,20,21)/t13-/m0/s1. The van der Waals surface area contributed by atoms with E-state index < -0.39 is 5.97 Å². The predicted molar refractivity (Wildman–Crippen MR) is 91.1 cm³/mol. The second-order valence-corrected chi connectivity index (χ2v) is 6.93.